The number of carbonyl (C=O) groups is 1. The van der Waals surface area contributed by atoms with Crippen LogP contribution in [-0.2, 0) is 33.9 Å². The highest BCUT2D eigenvalue weighted by Crippen LogP contribution is 2.72. The van der Waals surface area contributed by atoms with Crippen LogP contribution in [0.25, 0.3) is 0 Å². The minimum absolute atomic E-state index is 0.318. The number of ether oxygens (including phenoxy) is 1. The second-order valence-electron chi connectivity index (χ2n) is 6.77. The summed E-state index contributed by atoms with van der Waals surface area (Å²) < 4.78 is 58.4. The van der Waals surface area contributed by atoms with Crippen LogP contribution in [-0.4, -0.2) is 40.4 Å². The van der Waals surface area contributed by atoms with E-state index in [1.807, 2.05) is 6.92 Å². The molecule has 25 heavy (non-hydrogen) atoms. The van der Waals surface area contributed by atoms with Crippen LogP contribution >= 0.6 is 7.60 Å². The highest BCUT2D eigenvalue weighted by atomic mass is 32.2. The summed E-state index contributed by atoms with van der Waals surface area (Å²) in [6.07, 6.45) is -2.41. The molecular weight excluding hydrogens is 363 g/mol. The molecule has 0 amide bonds. The third-order valence-corrected chi connectivity index (χ3v) is 7.94. The predicted molar refractivity (Wildman–Crippen MR) is 96.2 cm³/mol. The van der Waals surface area contributed by atoms with Crippen LogP contribution in [0.15, 0.2) is 29.2 Å². The first-order chi connectivity index (χ1) is 12.3. The third kappa shape index (κ3) is 3.75. The number of aryl methyl sites for hydroxylation is 1. The molecule has 8 heteroatoms. The molecule has 0 aromatic heterocycles. The fourth-order valence-electron chi connectivity index (χ4n) is 2.39. The summed E-state index contributed by atoms with van der Waals surface area (Å²) in [6.45, 7) is 6.67. The molecule has 0 bridgehead atoms. The maximum atomic E-state index is 13.3. The number of rotatable bonds is 6. The van der Waals surface area contributed by atoms with Crippen molar-refractivity contribution in [1.82, 2.24) is 0 Å². The van der Waals surface area contributed by atoms with Crippen molar-refractivity contribution >= 4 is 24.4 Å². The molecular formula is C17H25O6PS. The molecule has 1 fully saturated rings. The summed E-state index contributed by atoms with van der Waals surface area (Å²) in [5, 5.41) is -3.75. The van der Waals surface area contributed by atoms with Gasteiger partial charge in [0.1, 0.15) is 5.60 Å². The van der Waals surface area contributed by atoms with Gasteiger partial charge in [0.2, 0.25) is 0 Å². The Morgan fingerprint density at radius 2 is 1.80 bits per heavy atom. The zero-order valence-corrected chi connectivity index (χ0v) is 16.9. The maximum absolute atomic E-state index is 13.3. The SMILES string of the molecule is [2H]C1([2H])[C@H](S(=O)c2ccc(C)cc2)[C@]1(C(=O)OC(C)(C)C)P(=O)(OC)OC. The molecule has 6 nitrogen and oxygen atoms in total. The second kappa shape index (κ2) is 6.95. The molecule has 0 heterocycles. The van der Waals surface area contributed by atoms with E-state index in [-0.39, 0.29) is 0 Å². The topological polar surface area (TPSA) is 78.9 Å². The van der Waals surface area contributed by atoms with Gasteiger partial charge in [-0.3, -0.25) is 13.6 Å². The number of benzene rings is 1. The first-order valence-corrected chi connectivity index (χ1v) is 10.5. The molecule has 0 radical (unpaired) electrons. The molecule has 2 rings (SSSR count). The summed E-state index contributed by atoms with van der Waals surface area (Å²) in [5.41, 5.74) is -0.0299. The van der Waals surface area contributed by atoms with Crippen LogP contribution in [0.1, 0.15) is 35.4 Å². The van der Waals surface area contributed by atoms with E-state index >= 15 is 0 Å². The van der Waals surface area contributed by atoms with Crippen molar-refractivity contribution in [2.45, 2.75) is 55.0 Å². The predicted octanol–water partition coefficient (Wildman–Crippen LogP) is 3.44. The summed E-state index contributed by atoms with van der Waals surface area (Å²) in [6, 6.07) is 6.63. The van der Waals surface area contributed by atoms with E-state index in [2.05, 4.69) is 0 Å². The number of hydrogen-bond acceptors (Lipinski definition) is 6. The van der Waals surface area contributed by atoms with E-state index in [1.54, 1.807) is 45.0 Å². The minimum atomic E-state index is -4.32. The van der Waals surface area contributed by atoms with Gasteiger partial charge in [0.05, 0.1) is 16.0 Å². The van der Waals surface area contributed by atoms with E-state index in [1.165, 1.54) is 0 Å². The van der Waals surface area contributed by atoms with Crippen LogP contribution in [0, 0.1) is 6.92 Å². The van der Waals surface area contributed by atoms with Crippen molar-refractivity contribution in [2.24, 2.45) is 0 Å². The van der Waals surface area contributed by atoms with E-state index in [0.717, 1.165) is 19.8 Å². The summed E-state index contributed by atoms with van der Waals surface area (Å²) in [5.74, 6) is -1.09. The van der Waals surface area contributed by atoms with Gasteiger partial charge in [-0.2, -0.15) is 0 Å². The van der Waals surface area contributed by atoms with Crippen molar-refractivity contribution < 1.29 is 30.1 Å². The monoisotopic (exact) mass is 390 g/mol. The van der Waals surface area contributed by atoms with E-state index in [0.29, 0.717) is 4.90 Å². The maximum Gasteiger partial charge on any atom is 0.348 e. The fourth-order valence-corrected chi connectivity index (χ4v) is 6.10. The van der Waals surface area contributed by atoms with Gasteiger partial charge in [0, 0.05) is 21.9 Å². The van der Waals surface area contributed by atoms with E-state index < -0.39 is 46.7 Å². The minimum Gasteiger partial charge on any atom is -0.459 e. The van der Waals surface area contributed by atoms with Gasteiger partial charge < -0.3 is 13.8 Å². The third-order valence-electron chi connectivity index (χ3n) is 3.74. The number of hydrogen-bond donors (Lipinski definition) is 0. The number of esters is 1. The highest BCUT2D eigenvalue weighted by Gasteiger charge is 2.76. The van der Waals surface area contributed by atoms with Gasteiger partial charge in [0.25, 0.3) is 0 Å². The lowest BCUT2D eigenvalue weighted by Gasteiger charge is -2.28. The van der Waals surface area contributed by atoms with Crippen LogP contribution in [0.5, 0.6) is 0 Å². The largest absolute Gasteiger partial charge is 0.459 e. The lowest BCUT2D eigenvalue weighted by Crippen LogP contribution is -2.37. The summed E-state index contributed by atoms with van der Waals surface area (Å²) in [7, 11) is -4.16. The second-order valence-corrected chi connectivity index (χ2v) is 10.7. The molecule has 1 saturated carbocycles. The molecule has 3 atom stereocenters. The Balaban J connectivity index is 2.59. The van der Waals surface area contributed by atoms with Crippen molar-refractivity contribution in [3.63, 3.8) is 0 Å². The standard InChI is InChI=1S/C17H25O6PS/c1-12-7-9-13(10-8-12)25(20)14-11-17(14,24(19,21-5)22-6)15(18)23-16(2,3)4/h7-10,14H,11H2,1-6H3/t14-,17+,25?/m0/s1/i11D2. The smallest absolute Gasteiger partial charge is 0.348 e. The molecule has 0 saturated heterocycles. The zero-order chi connectivity index (χ0) is 20.8. The van der Waals surface area contributed by atoms with E-state index in [9.17, 15) is 13.6 Å². The Kier molecular flexibility index (Phi) is 4.84. The van der Waals surface area contributed by atoms with Gasteiger partial charge in [-0.15, -0.1) is 0 Å². The zero-order valence-electron chi connectivity index (χ0n) is 17.2. The van der Waals surface area contributed by atoms with Gasteiger partial charge in [-0.05, 0) is 46.2 Å². The Morgan fingerprint density at radius 3 is 2.24 bits per heavy atom. The summed E-state index contributed by atoms with van der Waals surface area (Å²) >= 11 is 0. The van der Waals surface area contributed by atoms with Gasteiger partial charge in [0.15, 0.2) is 5.16 Å². The lowest BCUT2D eigenvalue weighted by molar-refractivity contribution is -0.155. The molecule has 1 unspecified atom stereocenters. The van der Waals surface area contributed by atoms with Gasteiger partial charge >= 0.3 is 13.6 Å². The number of carbonyl (C=O) groups excluding carboxylic acids is 1. The normalized spacial score (nSPS) is 27.8. The van der Waals surface area contributed by atoms with Crippen molar-refractivity contribution in [3.8, 4) is 0 Å². The fraction of sp³-hybridized carbons (Fsp3) is 0.588. The quantitative estimate of drug-likeness (QED) is 0.547. The molecule has 1 aromatic carbocycles. The average molecular weight is 390 g/mol. The Bertz CT molecular complexity index is 797. The molecule has 0 N–H and O–H groups in total. The Labute approximate surface area is 154 Å². The first kappa shape index (κ1) is 17.4. The summed E-state index contributed by atoms with van der Waals surface area (Å²) in [4.78, 5) is 13.3. The first-order valence-electron chi connectivity index (χ1n) is 8.71. The van der Waals surface area contributed by atoms with Crippen molar-refractivity contribution in [3.05, 3.63) is 29.8 Å². The van der Waals surface area contributed by atoms with Crippen LogP contribution in [0.2, 0.25) is 0 Å². The molecule has 1 aliphatic rings. The van der Waals surface area contributed by atoms with E-state index in [4.69, 9.17) is 16.5 Å². The Morgan fingerprint density at radius 1 is 1.28 bits per heavy atom. The highest BCUT2D eigenvalue weighted by molar-refractivity contribution is 7.87. The molecule has 1 aliphatic carbocycles. The molecule has 1 aromatic rings. The van der Waals surface area contributed by atoms with Crippen molar-refractivity contribution in [1.29, 1.82) is 0 Å². The molecule has 140 valence electrons. The average Bonchev–Trinajstić information content (AvgIpc) is 3.11. The van der Waals surface area contributed by atoms with Crippen molar-refractivity contribution in [2.75, 3.05) is 14.2 Å². The van der Waals surface area contributed by atoms with Gasteiger partial charge in [-0.1, -0.05) is 17.7 Å². The molecule has 0 aliphatic heterocycles. The lowest BCUT2D eigenvalue weighted by atomic mass is 10.2. The van der Waals surface area contributed by atoms with Gasteiger partial charge in [-0.25, -0.2) is 0 Å². The van der Waals surface area contributed by atoms with Crippen LogP contribution < -0.4 is 0 Å². The van der Waals surface area contributed by atoms with Crippen LogP contribution in [0.3, 0.4) is 0 Å². The Hall–Kier alpha value is -1.01. The van der Waals surface area contributed by atoms with Crippen LogP contribution in [0.4, 0.5) is 0 Å². The molecule has 0 spiro atoms.